The van der Waals surface area contributed by atoms with Gasteiger partial charge in [-0.3, -0.25) is 14.5 Å². The van der Waals surface area contributed by atoms with Gasteiger partial charge < -0.3 is 5.32 Å². The summed E-state index contributed by atoms with van der Waals surface area (Å²) in [5.74, 6) is -0.112. The topological polar surface area (TPSA) is 59.8 Å². The van der Waals surface area contributed by atoms with E-state index in [9.17, 15) is 9.18 Å². The van der Waals surface area contributed by atoms with Crippen molar-refractivity contribution in [3.8, 4) is 10.4 Å². The molecule has 0 aliphatic carbocycles. The molecule has 0 aliphatic rings. The van der Waals surface area contributed by atoms with Gasteiger partial charge in [-0.25, -0.2) is 4.39 Å². The summed E-state index contributed by atoms with van der Waals surface area (Å²) in [6.07, 6.45) is 5.28. The summed E-state index contributed by atoms with van der Waals surface area (Å²) in [6.45, 7) is 0.570. The van der Waals surface area contributed by atoms with Crippen LogP contribution in [0.15, 0.2) is 73.2 Å². The Hall–Kier alpha value is -3.32. The Morgan fingerprint density at radius 3 is 2.81 bits per heavy atom. The van der Waals surface area contributed by atoms with Gasteiger partial charge in [-0.05, 0) is 29.8 Å². The molecule has 27 heavy (non-hydrogen) atoms. The zero-order valence-electron chi connectivity index (χ0n) is 14.2. The van der Waals surface area contributed by atoms with Gasteiger partial charge in [-0.1, -0.05) is 24.3 Å². The van der Waals surface area contributed by atoms with E-state index < -0.39 is 0 Å². The van der Waals surface area contributed by atoms with Crippen molar-refractivity contribution in [3.05, 3.63) is 89.4 Å². The van der Waals surface area contributed by atoms with Gasteiger partial charge in [0.15, 0.2) is 5.82 Å². The van der Waals surface area contributed by atoms with Gasteiger partial charge in [-0.15, -0.1) is 11.3 Å². The predicted molar refractivity (Wildman–Crippen MR) is 103 cm³/mol. The molecule has 3 aromatic heterocycles. The molecule has 0 fully saturated rings. The van der Waals surface area contributed by atoms with Gasteiger partial charge in [0.25, 0.3) is 5.91 Å². The molecule has 1 amide bonds. The fourth-order valence-electron chi connectivity index (χ4n) is 2.64. The molecule has 1 aromatic carbocycles. The smallest absolute Gasteiger partial charge is 0.266 e. The average Bonchev–Trinajstić information content (AvgIpc) is 3.33. The number of halogens is 1. The summed E-state index contributed by atoms with van der Waals surface area (Å²) >= 11 is 1.24. The third-order valence-electron chi connectivity index (χ3n) is 3.92. The van der Waals surface area contributed by atoms with Crippen LogP contribution in [0.1, 0.15) is 15.2 Å². The molecule has 0 saturated carbocycles. The lowest BCUT2D eigenvalue weighted by molar-refractivity contribution is 0.103. The lowest BCUT2D eigenvalue weighted by Crippen LogP contribution is -2.11. The monoisotopic (exact) mass is 378 g/mol. The number of benzene rings is 1. The van der Waals surface area contributed by atoms with E-state index in [1.54, 1.807) is 59.7 Å². The van der Waals surface area contributed by atoms with Crippen molar-refractivity contribution in [1.82, 2.24) is 14.8 Å². The zero-order valence-corrected chi connectivity index (χ0v) is 15.0. The predicted octanol–water partition coefficient (Wildman–Crippen LogP) is 4.45. The highest BCUT2D eigenvalue weighted by Gasteiger charge is 2.13. The number of pyridine rings is 1. The molecular weight excluding hydrogens is 363 g/mol. The van der Waals surface area contributed by atoms with E-state index in [-0.39, 0.29) is 11.7 Å². The van der Waals surface area contributed by atoms with E-state index in [4.69, 9.17) is 0 Å². The van der Waals surface area contributed by atoms with E-state index in [1.807, 2.05) is 12.1 Å². The number of aromatic nitrogens is 3. The van der Waals surface area contributed by atoms with Gasteiger partial charge in [-0.2, -0.15) is 5.10 Å². The highest BCUT2D eigenvalue weighted by atomic mass is 32.1. The number of nitrogens with zero attached hydrogens (tertiary/aromatic N) is 3. The molecule has 7 heteroatoms. The van der Waals surface area contributed by atoms with Gasteiger partial charge in [0.2, 0.25) is 0 Å². The van der Waals surface area contributed by atoms with Crippen LogP contribution < -0.4 is 5.32 Å². The first kappa shape index (κ1) is 17.1. The van der Waals surface area contributed by atoms with Gasteiger partial charge in [0.1, 0.15) is 5.82 Å². The summed E-state index contributed by atoms with van der Waals surface area (Å²) in [6, 6.07) is 15.5. The maximum atomic E-state index is 13.9. The Morgan fingerprint density at radius 1 is 1.11 bits per heavy atom. The second-order valence-corrected chi connectivity index (χ2v) is 6.94. The number of carbonyl (C=O) groups excluding carboxylic acids is 1. The van der Waals surface area contributed by atoms with Crippen LogP contribution in [0.3, 0.4) is 0 Å². The number of rotatable bonds is 5. The van der Waals surface area contributed by atoms with Crippen molar-refractivity contribution in [3.63, 3.8) is 0 Å². The Morgan fingerprint density at radius 2 is 2.00 bits per heavy atom. The van der Waals surface area contributed by atoms with Gasteiger partial charge >= 0.3 is 0 Å². The van der Waals surface area contributed by atoms with Crippen molar-refractivity contribution < 1.29 is 9.18 Å². The van der Waals surface area contributed by atoms with Crippen LogP contribution in [0.2, 0.25) is 0 Å². The van der Waals surface area contributed by atoms with Crippen LogP contribution in [0.4, 0.5) is 10.2 Å². The molecule has 4 rings (SSSR count). The second-order valence-electron chi connectivity index (χ2n) is 5.86. The number of nitrogens with one attached hydrogen (secondary N) is 1. The molecular formula is C20H15FN4OS. The molecule has 1 N–H and O–H groups in total. The maximum absolute atomic E-state index is 13.9. The Kier molecular flexibility index (Phi) is 4.76. The molecule has 0 saturated heterocycles. The number of hydrogen-bond acceptors (Lipinski definition) is 4. The standard InChI is InChI=1S/C20H15FN4OS/c21-16-6-2-1-5-15(16)17-7-8-18(27-17)20(26)23-19-9-11-25(24-19)13-14-4-3-10-22-12-14/h1-12H,13H2,(H,23,24,26). The Balaban J connectivity index is 1.45. The van der Waals surface area contributed by atoms with E-state index in [0.717, 1.165) is 5.56 Å². The summed E-state index contributed by atoms with van der Waals surface area (Å²) in [4.78, 5) is 17.7. The highest BCUT2D eigenvalue weighted by Crippen LogP contribution is 2.30. The first-order chi connectivity index (χ1) is 13.2. The number of carbonyl (C=O) groups is 1. The van der Waals surface area contributed by atoms with Crippen LogP contribution in [-0.2, 0) is 6.54 Å². The summed E-state index contributed by atoms with van der Waals surface area (Å²) in [7, 11) is 0. The third kappa shape index (κ3) is 3.93. The Labute approximate surface area is 159 Å². The first-order valence-corrected chi connectivity index (χ1v) is 9.09. The molecule has 4 aromatic rings. The Bertz CT molecular complexity index is 1070. The van der Waals surface area contributed by atoms with E-state index in [0.29, 0.717) is 27.7 Å². The molecule has 0 unspecified atom stereocenters. The molecule has 5 nitrogen and oxygen atoms in total. The van der Waals surface area contributed by atoms with Crippen molar-refractivity contribution in [2.75, 3.05) is 5.32 Å². The summed E-state index contributed by atoms with van der Waals surface area (Å²) in [5, 5.41) is 7.13. The number of hydrogen-bond donors (Lipinski definition) is 1. The van der Waals surface area contributed by atoms with Gasteiger partial charge in [0, 0.05) is 35.1 Å². The fraction of sp³-hybridized carbons (Fsp3) is 0.0500. The fourth-order valence-corrected chi connectivity index (χ4v) is 3.57. The zero-order chi connectivity index (χ0) is 18.6. The van der Waals surface area contributed by atoms with Crippen LogP contribution in [0.5, 0.6) is 0 Å². The number of amides is 1. The first-order valence-electron chi connectivity index (χ1n) is 8.27. The van der Waals surface area contributed by atoms with Gasteiger partial charge in [0.05, 0.1) is 11.4 Å². The third-order valence-corrected chi connectivity index (χ3v) is 5.04. The second kappa shape index (κ2) is 7.51. The van der Waals surface area contributed by atoms with Crippen molar-refractivity contribution in [1.29, 1.82) is 0 Å². The van der Waals surface area contributed by atoms with E-state index in [2.05, 4.69) is 15.4 Å². The lowest BCUT2D eigenvalue weighted by atomic mass is 10.2. The minimum Gasteiger partial charge on any atom is -0.304 e. The van der Waals surface area contributed by atoms with Crippen LogP contribution in [0, 0.1) is 5.82 Å². The largest absolute Gasteiger partial charge is 0.304 e. The lowest BCUT2D eigenvalue weighted by Gasteiger charge is -2.02. The summed E-state index contributed by atoms with van der Waals surface area (Å²) < 4.78 is 15.6. The molecule has 0 aliphatic heterocycles. The van der Waals surface area contributed by atoms with Crippen LogP contribution in [0.25, 0.3) is 10.4 Å². The average molecular weight is 378 g/mol. The SMILES string of the molecule is O=C(Nc1ccn(Cc2cccnc2)n1)c1ccc(-c2ccccc2F)s1. The minimum absolute atomic E-state index is 0.269. The minimum atomic E-state index is -0.305. The van der Waals surface area contributed by atoms with Crippen molar-refractivity contribution >= 4 is 23.1 Å². The highest BCUT2D eigenvalue weighted by molar-refractivity contribution is 7.17. The molecule has 0 spiro atoms. The van der Waals surface area contributed by atoms with Crippen molar-refractivity contribution in [2.24, 2.45) is 0 Å². The molecule has 0 bridgehead atoms. The molecule has 0 radical (unpaired) electrons. The number of anilines is 1. The molecule has 134 valence electrons. The van der Waals surface area contributed by atoms with Crippen molar-refractivity contribution in [2.45, 2.75) is 6.54 Å². The van der Waals surface area contributed by atoms with Crippen LogP contribution in [-0.4, -0.2) is 20.7 Å². The summed E-state index contributed by atoms with van der Waals surface area (Å²) in [5.41, 5.74) is 1.51. The quantitative estimate of drug-likeness (QED) is 0.558. The number of thiophene rings is 1. The normalized spacial score (nSPS) is 10.7. The van der Waals surface area contributed by atoms with E-state index >= 15 is 0 Å². The van der Waals surface area contributed by atoms with Crippen LogP contribution >= 0.6 is 11.3 Å². The van der Waals surface area contributed by atoms with E-state index in [1.165, 1.54) is 17.4 Å². The molecule has 3 heterocycles. The molecule has 0 atom stereocenters. The maximum Gasteiger partial charge on any atom is 0.266 e.